The van der Waals surface area contributed by atoms with Gasteiger partial charge in [-0.2, -0.15) is 0 Å². The van der Waals surface area contributed by atoms with Crippen LogP contribution >= 0.6 is 0 Å². The maximum Gasteiger partial charge on any atom is 0.150 e. The first-order chi connectivity index (χ1) is 7.14. The van der Waals surface area contributed by atoms with E-state index in [1.54, 1.807) is 0 Å². The minimum atomic E-state index is -2.75. The number of nitrogens with one attached hydrogen (secondary N) is 1. The number of hydrogen-bond donors (Lipinski definition) is 2. The highest BCUT2D eigenvalue weighted by atomic mass is 32.2. The molecule has 0 radical (unpaired) electrons. The Morgan fingerprint density at radius 2 is 2.20 bits per heavy atom. The molecule has 6 heteroatoms. The van der Waals surface area contributed by atoms with Crippen molar-refractivity contribution in [1.82, 2.24) is 5.32 Å². The number of ether oxygens (including phenoxy) is 1. The summed E-state index contributed by atoms with van der Waals surface area (Å²) in [6, 6.07) is 0. The van der Waals surface area contributed by atoms with E-state index in [1.165, 1.54) is 0 Å². The van der Waals surface area contributed by atoms with Crippen molar-refractivity contribution in [2.24, 2.45) is 5.92 Å². The molecule has 0 aromatic heterocycles. The largest absolute Gasteiger partial charge is 0.394 e. The van der Waals surface area contributed by atoms with Gasteiger partial charge in [0.25, 0.3) is 0 Å². The Balaban J connectivity index is 1.97. The van der Waals surface area contributed by atoms with Gasteiger partial charge in [0.2, 0.25) is 0 Å². The molecule has 0 aromatic rings. The third-order valence-corrected chi connectivity index (χ3v) is 4.26. The summed E-state index contributed by atoms with van der Waals surface area (Å²) in [4.78, 5) is 0. The van der Waals surface area contributed by atoms with Crippen LogP contribution in [0.3, 0.4) is 0 Å². The smallest absolute Gasteiger partial charge is 0.150 e. The average molecular weight is 237 g/mol. The summed E-state index contributed by atoms with van der Waals surface area (Å²) >= 11 is 0. The van der Waals surface area contributed by atoms with Crippen LogP contribution in [0.2, 0.25) is 0 Å². The standard InChI is InChI=1S/C9H19NO4S/c11-3-5-14-4-2-10-7-9-1-6-15(12,13)8-9/h9-11H,1-8H2. The number of aliphatic hydroxyl groups is 1. The highest BCUT2D eigenvalue weighted by molar-refractivity contribution is 7.91. The summed E-state index contributed by atoms with van der Waals surface area (Å²) < 4.78 is 27.3. The van der Waals surface area contributed by atoms with E-state index < -0.39 is 9.84 Å². The molecule has 0 bridgehead atoms. The molecule has 15 heavy (non-hydrogen) atoms. The summed E-state index contributed by atoms with van der Waals surface area (Å²) in [6.45, 7) is 2.40. The molecule has 1 saturated heterocycles. The summed E-state index contributed by atoms with van der Waals surface area (Å²) in [5.41, 5.74) is 0. The molecular formula is C9H19NO4S. The predicted octanol–water partition coefficient (Wildman–Crippen LogP) is -0.980. The summed E-state index contributed by atoms with van der Waals surface area (Å²) in [5.74, 6) is 0.908. The number of hydrogen-bond acceptors (Lipinski definition) is 5. The van der Waals surface area contributed by atoms with Crippen LogP contribution in [0.15, 0.2) is 0 Å². The number of sulfone groups is 1. The third-order valence-electron chi connectivity index (χ3n) is 2.42. The van der Waals surface area contributed by atoms with Crippen LogP contribution in [0.4, 0.5) is 0 Å². The molecule has 90 valence electrons. The van der Waals surface area contributed by atoms with Gasteiger partial charge in [0.15, 0.2) is 9.84 Å². The number of aliphatic hydroxyl groups excluding tert-OH is 1. The zero-order valence-electron chi connectivity index (χ0n) is 8.81. The van der Waals surface area contributed by atoms with Crippen molar-refractivity contribution in [3.05, 3.63) is 0 Å². The van der Waals surface area contributed by atoms with Crippen LogP contribution in [0.1, 0.15) is 6.42 Å². The monoisotopic (exact) mass is 237 g/mol. The SMILES string of the molecule is O=S1(=O)CCC(CNCCOCCO)C1. The first-order valence-corrected chi connectivity index (χ1v) is 7.06. The molecule has 1 unspecified atom stereocenters. The molecule has 0 spiro atoms. The van der Waals surface area contributed by atoms with E-state index in [0.717, 1.165) is 13.0 Å². The fraction of sp³-hybridized carbons (Fsp3) is 1.00. The van der Waals surface area contributed by atoms with Crippen molar-refractivity contribution in [3.8, 4) is 0 Å². The van der Waals surface area contributed by atoms with E-state index in [-0.39, 0.29) is 12.5 Å². The Kier molecular flexibility index (Phi) is 5.52. The lowest BCUT2D eigenvalue weighted by molar-refractivity contribution is 0.0936. The van der Waals surface area contributed by atoms with Gasteiger partial charge in [-0.3, -0.25) is 0 Å². The summed E-state index contributed by atoms with van der Waals surface area (Å²) in [6.07, 6.45) is 0.771. The summed E-state index contributed by atoms with van der Waals surface area (Å²) in [5, 5.41) is 11.6. The van der Waals surface area contributed by atoms with Gasteiger partial charge in [-0.25, -0.2) is 8.42 Å². The van der Waals surface area contributed by atoms with Gasteiger partial charge in [-0.05, 0) is 18.9 Å². The Labute approximate surface area is 90.7 Å². The van der Waals surface area contributed by atoms with Crippen molar-refractivity contribution in [2.45, 2.75) is 6.42 Å². The zero-order chi connectivity index (χ0) is 11.1. The molecule has 1 aliphatic rings. The lowest BCUT2D eigenvalue weighted by Gasteiger charge is -2.09. The number of rotatable bonds is 7. The molecule has 2 N–H and O–H groups in total. The van der Waals surface area contributed by atoms with Gasteiger partial charge in [0.05, 0.1) is 31.3 Å². The first kappa shape index (κ1) is 12.9. The fourth-order valence-electron chi connectivity index (χ4n) is 1.65. The van der Waals surface area contributed by atoms with E-state index in [1.807, 2.05) is 0 Å². The third kappa shape index (κ3) is 5.46. The Morgan fingerprint density at radius 3 is 2.80 bits per heavy atom. The van der Waals surface area contributed by atoms with E-state index >= 15 is 0 Å². The molecule has 0 aliphatic carbocycles. The molecule has 0 amide bonds. The van der Waals surface area contributed by atoms with Crippen LogP contribution in [-0.4, -0.2) is 57.9 Å². The van der Waals surface area contributed by atoms with Crippen LogP contribution in [-0.2, 0) is 14.6 Å². The minimum Gasteiger partial charge on any atom is -0.394 e. The maximum atomic E-state index is 11.1. The topological polar surface area (TPSA) is 75.6 Å². The first-order valence-electron chi connectivity index (χ1n) is 5.24. The van der Waals surface area contributed by atoms with Gasteiger partial charge < -0.3 is 15.2 Å². The minimum absolute atomic E-state index is 0.0425. The molecule has 0 saturated carbocycles. The normalized spacial score (nSPS) is 24.5. The van der Waals surface area contributed by atoms with Gasteiger partial charge in [-0.1, -0.05) is 0 Å². The van der Waals surface area contributed by atoms with E-state index in [0.29, 0.717) is 31.3 Å². The van der Waals surface area contributed by atoms with Gasteiger partial charge in [0.1, 0.15) is 0 Å². The van der Waals surface area contributed by atoms with E-state index in [9.17, 15) is 8.42 Å². The predicted molar refractivity (Wildman–Crippen MR) is 57.5 cm³/mol. The molecule has 1 rings (SSSR count). The Hall–Kier alpha value is -0.170. The fourth-order valence-corrected chi connectivity index (χ4v) is 3.51. The zero-order valence-corrected chi connectivity index (χ0v) is 9.63. The lowest BCUT2D eigenvalue weighted by atomic mass is 10.1. The maximum absolute atomic E-state index is 11.1. The highest BCUT2D eigenvalue weighted by Gasteiger charge is 2.27. The van der Waals surface area contributed by atoms with Crippen molar-refractivity contribution < 1.29 is 18.3 Å². The Morgan fingerprint density at radius 1 is 1.40 bits per heavy atom. The second-order valence-electron chi connectivity index (χ2n) is 3.81. The summed E-state index contributed by atoms with van der Waals surface area (Å²) in [7, 11) is -2.75. The lowest BCUT2D eigenvalue weighted by Crippen LogP contribution is -2.27. The molecule has 0 aromatic carbocycles. The van der Waals surface area contributed by atoms with E-state index in [2.05, 4.69) is 5.32 Å². The van der Waals surface area contributed by atoms with Crippen LogP contribution in [0, 0.1) is 5.92 Å². The van der Waals surface area contributed by atoms with Crippen molar-refractivity contribution in [3.63, 3.8) is 0 Å². The quantitative estimate of drug-likeness (QED) is 0.557. The molecular weight excluding hydrogens is 218 g/mol. The average Bonchev–Trinajstić information content (AvgIpc) is 2.52. The highest BCUT2D eigenvalue weighted by Crippen LogP contribution is 2.16. The Bertz CT molecular complexity index is 265. The molecule has 1 heterocycles. The molecule has 1 atom stereocenters. The molecule has 5 nitrogen and oxygen atoms in total. The van der Waals surface area contributed by atoms with Gasteiger partial charge in [0, 0.05) is 6.54 Å². The molecule has 1 aliphatic heterocycles. The van der Waals surface area contributed by atoms with Gasteiger partial charge >= 0.3 is 0 Å². The van der Waals surface area contributed by atoms with Crippen LogP contribution < -0.4 is 5.32 Å². The van der Waals surface area contributed by atoms with E-state index in [4.69, 9.17) is 9.84 Å². The van der Waals surface area contributed by atoms with Crippen molar-refractivity contribution in [1.29, 1.82) is 0 Å². The van der Waals surface area contributed by atoms with Crippen LogP contribution in [0.5, 0.6) is 0 Å². The van der Waals surface area contributed by atoms with Crippen molar-refractivity contribution in [2.75, 3.05) is 44.4 Å². The van der Waals surface area contributed by atoms with Gasteiger partial charge in [-0.15, -0.1) is 0 Å². The van der Waals surface area contributed by atoms with Crippen molar-refractivity contribution >= 4 is 9.84 Å². The molecule has 1 fully saturated rings. The second-order valence-corrected chi connectivity index (χ2v) is 6.04. The second kappa shape index (κ2) is 6.42. The van der Waals surface area contributed by atoms with Crippen LogP contribution in [0.25, 0.3) is 0 Å².